The molecular weight excluding hydrogens is 221 g/mol. The fraction of sp³-hybridized carbons (Fsp3) is 0.538. The molecule has 0 radical (unpaired) electrons. The number of halogens is 1. The van der Waals surface area contributed by atoms with Crippen LogP contribution < -0.4 is 10.1 Å². The Labute approximate surface area is 102 Å². The van der Waals surface area contributed by atoms with Gasteiger partial charge in [0.15, 0.2) is 11.6 Å². The maximum atomic E-state index is 13.6. The Kier molecular flexibility index (Phi) is 5.38. The van der Waals surface area contributed by atoms with E-state index >= 15 is 0 Å². The van der Waals surface area contributed by atoms with E-state index in [1.54, 1.807) is 6.07 Å². The van der Waals surface area contributed by atoms with Gasteiger partial charge in [0.25, 0.3) is 0 Å². The van der Waals surface area contributed by atoms with E-state index in [2.05, 4.69) is 5.32 Å². The maximum Gasteiger partial charge on any atom is 0.165 e. The van der Waals surface area contributed by atoms with Crippen molar-refractivity contribution >= 4 is 0 Å². The molecule has 0 saturated carbocycles. The molecule has 3 nitrogen and oxygen atoms in total. The van der Waals surface area contributed by atoms with E-state index in [0.29, 0.717) is 0 Å². The SMILES string of the molecule is CCC(CO)C(NC)c1ccc(OC)c(F)c1. The molecule has 0 saturated heterocycles. The van der Waals surface area contributed by atoms with Gasteiger partial charge in [-0.1, -0.05) is 13.0 Å². The van der Waals surface area contributed by atoms with Crippen molar-refractivity contribution in [3.63, 3.8) is 0 Å². The molecular formula is C13H20FNO2. The molecule has 2 N–H and O–H groups in total. The quantitative estimate of drug-likeness (QED) is 0.801. The minimum atomic E-state index is -0.377. The number of ether oxygens (including phenoxy) is 1. The second-order valence-corrected chi connectivity index (χ2v) is 4.01. The molecule has 96 valence electrons. The average molecular weight is 241 g/mol. The lowest BCUT2D eigenvalue weighted by molar-refractivity contribution is 0.189. The van der Waals surface area contributed by atoms with Crippen molar-refractivity contribution in [2.45, 2.75) is 19.4 Å². The Balaban J connectivity index is 3.00. The van der Waals surface area contributed by atoms with Gasteiger partial charge in [-0.05, 0) is 31.2 Å². The first-order valence-electron chi connectivity index (χ1n) is 5.79. The first-order chi connectivity index (χ1) is 8.17. The minimum Gasteiger partial charge on any atom is -0.494 e. The number of aliphatic hydroxyl groups is 1. The Bertz CT molecular complexity index is 353. The molecule has 2 atom stereocenters. The molecule has 0 spiro atoms. The summed E-state index contributed by atoms with van der Waals surface area (Å²) in [5.74, 6) is -0.0634. The monoisotopic (exact) mass is 241 g/mol. The predicted octanol–water partition coefficient (Wildman–Crippen LogP) is 2.11. The number of hydrogen-bond donors (Lipinski definition) is 2. The first kappa shape index (κ1) is 13.9. The van der Waals surface area contributed by atoms with E-state index in [1.807, 2.05) is 20.0 Å². The predicted molar refractivity (Wildman–Crippen MR) is 65.6 cm³/mol. The van der Waals surface area contributed by atoms with Gasteiger partial charge in [-0.3, -0.25) is 0 Å². The topological polar surface area (TPSA) is 41.5 Å². The van der Waals surface area contributed by atoms with E-state index in [9.17, 15) is 9.50 Å². The highest BCUT2D eigenvalue weighted by Gasteiger charge is 2.20. The second kappa shape index (κ2) is 6.57. The molecule has 0 fully saturated rings. The Morgan fingerprint density at radius 1 is 1.47 bits per heavy atom. The van der Waals surface area contributed by atoms with Crippen molar-refractivity contribution in [2.24, 2.45) is 5.92 Å². The van der Waals surface area contributed by atoms with Gasteiger partial charge in [-0.2, -0.15) is 0 Å². The number of benzene rings is 1. The average Bonchev–Trinajstić information content (AvgIpc) is 2.35. The Morgan fingerprint density at radius 2 is 2.18 bits per heavy atom. The highest BCUT2D eigenvalue weighted by molar-refractivity contribution is 5.31. The minimum absolute atomic E-state index is 0.0505. The molecule has 4 heteroatoms. The summed E-state index contributed by atoms with van der Waals surface area (Å²) in [5, 5.41) is 12.4. The third-order valence-electron chi connectivity index (χ3n) is 3.08. The summed E-state index contributed by atoms with van der Waals surface area (Å²) in [6.45, 7) is 2.08. The molecule has 1 rings (SSSR count). The second-order valence-electron chi connectivity index (χ2n) is 4.01. The molecule has 0 aliphatic rings. The number of rotatable bonds is 6. The molecule has 1 aromatic carbocycles. The Morgan fingerprint density at radius 3 is 2.59 bits per heavy atom. The largest absolute Gasteiger partial charge is 0.494 e. The van der Waals surface area contributed by atoms with Crippen LogP contribution in [-0.2, 0) is 0 Å². The summed E-state index contributed by atoms with van der Waals surface area (Å²) in [7, 11) is 3.25. The molecule has 0 aliphatic heterocycles. The lowest BCUT2D eigenvalue weighted by Crippen LogP contribution is -2.27. The van der Waals surface area contributed by atoms with Gasteiger partial charge in [0, 0.05) is 18.6 Å². The molecule has 0 aliphatic carbocycles. The fourth-order valence-corrected chi connectivity index (χ4v) is 2.02. The molecule has 0 bridgehead atoms. The number of hydrogen-bond acceptors (Lipinski definition) is 3. The highest BCUT2D eigenvalue weighted by Crippen LogP contribution is 2.27. The van der Waals surface area contributed by atoms with E-state index in [0.717, 1.165) is 12.0 Å². The zero-order valence-corrected chi connectivity index (χ0v) is 10.5. The third kappa shape index (κ3) is 3.17. The van der Waals surface area contributed by atoms with Gasteiger partial charge in [-0.25, -0.2) is 4.39 Å². The number of aliphatic hydroxyl groups excluding tert-OH is 1. The van der Waals surface area contributed by atoms with Crippen molar-refractivity contribution in [3.8, 4) is 5.75 Å². The van der Waals surface area contributed by atoms with Gasteiger partial charge in [0.05, 0.1) is 7.11 Å². The summed E-state index contributed by atoms with van der Waals surface area (Å²) in [6, 6.07) is 4.84. The maximum absolute atomic E-state index is 13.6. The molecule has 0 aromatic heterocycles. The zero-order chi connectivity index (χ0) is 12.8. The molecule has 0 heterocycles. The van der Waals surface area contributed by atoms with E-state index < -0.39 is 0 Å². The number of nitrogens with one attached hydrogen (secondary N) is 1. The van der Waals surface area contributed by atoms with Crippen LogP contribution in [0, 0.1) is 11.7 Å². The summed E-state index contributed by atoms with van der Waals surface area (Å²) in [4.78, 5) is 0. The Hall–Kier alpha value is -1.13. The summed E-state index contributed by atoms with van der Waals surface area (Å²) in [5.41, 5.74) is 0.826. The van der Waals surface area contributed by atoms with Crippen LogP contribution >= 0.6 is 0 Å². The van der Waals surface area contributed by atoms with Crippen molar-refractivity contribution in [1.82, 2.24) is 5.32 Å². The summed E-state index contributed by atoms with van der Waals surface area (Å²) in [6.07, 6.45) is 0.829. The van der Waals surface area contributed by atoms with Crippen LogP contribution in [0.1, 0.15) is 24.9 Å². The van der Waals surface area contributed by atoms with Gasteiger partial charge >= 0.3 is 0 Å². The van der Waals surface area contributed by atoms with E-state index in [-0.39, 0.29) is 30.1 Å². The molecule has 17 heavy (non-hydrogen) atoms. The van der Waals surface area contributed by atoms with Crippen molar-refractivity contribution in [2.75, 3.05) is 20.8 Å². The van der Waals surface area contributed by atoms with Crippen molar-refractivity contribution in [1.29, 1.82) is 0 Å². The zero-order valence-electron chi connectivity index (χ0n) is 10.5. The van der Waals surface area contributed by atoms with Crippen molar-refractivity contribution in [3.05, 3.63) is 29.6 Å². The van der Waals surface area contributed by atoms with Gasteiger partial charge in [-0.15, -0.1) is 0 Å². The lowest BCUT2D eigenvalue weighted by atomic mass is 9.91. The van der Waals surface area contributed by atoms with Crippen LogP contribution in [0.25, 0.3) is 0 Å². The van der Waals surface area contributed by atoms with Crippen LogP contribution in [0.4, 0.5) is 4.39 Å². The van der Waals surface area contributed by atoms with Crippen molar-refractivity contribution < 1.29 is 14.2 Å². The van der Waals surface area contributed by atoms with Gasteiger partial charge in [0.2, 0.25) is 0 Å². The van der Waals surface area contributed by atoms with Gasteiger partial charge in [0.1, 0.15) is 0 Å². The third-order valence-corrected chi connectivity index (χ3v) is 3.08. The lowest BCUT2D eigenvalue weighted by Gasteiger charge is -2.24. The summed E-state index contributed by atoms with van der Waals surface area (Å²) < 4.78 is 18.5. The first-order valence-corrected chi connectivity index (χ1v) is 5.79. The molecule has 2 unspecified atom stereocenters. The van der Waals surface area contributed by atoms with Crippen LogP contribution in [0.2, 0.25) is 0 Å². The molecule has 1 aromatic rings. The van der Waals surface area contributed by atoms with E-state index in [4.69, 9.17) is 4.74 Å². The van der Waals surface area contributed by atoms with E-state index in [1.165, 1.54) is 13.2 Å². The van der Waals surface area contributed by atoms with Crippen LogP contribution in [0.5, 0.6) is 5.75 Å². The standard InChI is InChI=1S/C13H20FNO2/c1-4-9(8-16)13(15-2)10-5-6-12(17-3)11(14)7-10/h5-7,9,13,15-16H,4,8H2,1-3H3. The normalized spacial score (nSPS) is 14.4. The fourth-order valence-electron chi connectivity index (χ4n) is 2.02. The van der Waals surface area contributed by atoms with Crippen LogP contribution in [-0.4, -0.2) is 25.9 Å². The van der Waals surface area contributed by atoms with Gasteiger partial charge < -0.3 is 15.2 Å². The summed E-state index contributed by atoms with van der Waals surface area (Å²) >= 11 is 0. The number of methoxy groups -OCH3 is 1. The highest BCUT2D eigenvalue weighted by atomic mass is 19.1. The smallest absolute Gasteiger partial charge is 0.165 e. The van der Waals surface area contributed by atoms with Crippen LogP contribution in [0.15, 0.2) is 18.2 Å². The van der Waals surface area contributed by atoms with Crippen LogP contribution in [0.3, 0.4) is 0 Å². The molecule has 0 amide bonds.